The van der Waals surface area contributed by atoms with Crippen LogP contribution < -0.4 is 11.1 Å². The van der Waals surface area contributed by atoms with Crippen LogP contribution in [0.25, 0.3) is 0 Å². The van der Waals surface area contributed by atoms with Crippen molar-refractivity contribution in [1.29, 1.82) is 0 Å². The molecule has 6 nitrogen and oxygen atoms in total. The second-order valence-electron chi connectivity index (χ2n) is 3.64. The molecule has 0 atom stereocenters. The molecular weight excluding hydrogens is 232 g/mol. The van der Waals surface area contributed by atoms with Crippen LogP contribution in [0.15, 0.2) is 36.8 Å². The van der Waals surface area contributed by atoms with Crippen LogP contribution >= 0.6 is 0 Å². The number of carboxylic acids is 1. The van der Waals surface area contributed by atoms with Gasteiger partial charge in [0.05, 0.1) is 11.3 Å². The normalized spacial score (nSPS) is 10.0. The molecule has 0 aliphatic carbocycles. The first-order chi connectivity index (χ1) is 8.68. The average molecular weight is 244 g/mol. The lowest BCUT2D eigenvalue weighted by Gasteiger charge is -2.09. The van der Waals surface area contributed by atoms with Gasteiger partial charge in [0.25, 0.3) is 0 Å². The van der Waals surface area contributed by atoms with Crippen molar-refractivity contribution in [3.63, 3.8) is 0 Å². The minimum atomic E-state index is -1.07. The predicted octanol–water partition coefficient (Wildman–Crippen LogP) is 1.37. The van der Waals surface area contributed by atoms with Crippen LogP contribution in [-0.2, 0) is 6.54 Å². The zero-order chi connectivity index (χ0) is 13.0. The van der Waals surface area contributed by atoms with Crippen molar-refractivity contribution in [3.8, 4) is 0 Å². The number of carbonyl (C=O) groups is 1. The highest BCUT2D eigenvalue weighted by Gasteiger charge is 2.11. The quantitative estimate of drug-likeness (QED) is 0.750. The van der Waals surface area contributed by atoms with Gasteiger partial charge in [0, 0.05) is 25.1 Å². The van der Waals surface area contributed by atoms with Crippen molar-refractivity contribution in [3.05, 3.63) is 47.9 Å². The summed E-state index contributed by atoms with van der Waals surface area (Å²) in [5.41, 5.74) is 6.86. The summed E-state index contributed by atoms with van der Waals surface area (Å²) in [6.07, 6.45) is 4.80. The predicted molar refractivity (Wildman–Crippen MR) is 67.2 cm³/mol. The van der Waals surface area contributed by atoms with E-state index in [9.17, 15) is 4.79 Å². The van der Waals surface area contributed by atoms with E-state index in [1.165, 1.54) is 12.3 Å². The number of anilines is 2. The summed E-state index contributed by atoms with van der Waals surface area (Å²) in [6.45, 7) is 0.480. The maximum absolute atomic E-state index is 10.9. The zero-order valence-corrected chi connectivity index (χ0v) is 9.50. The summed E-state index contributed by atoms with van der Waals surface area (Å²) in [5.74, 6) is -0.710. The fourth-order valence-corrected chi connectivity index (χ4v) is 1.49. The first-order valence-electron chi connectivity index (χ1n) is 5.29. The second-order valence-corrected chi connectivity index (χ2v) is 3.64. The van der Waals surface area contributed by atoms with Gasteiger partial charge in [0.2, 0.25) is 0 Å². The van der Waals surface area contributed by atoms with E-state index in [0.29, 0.717) is 12.4 Å². The lowest BCUT2D eigenvalue weighted by atomic mass is 10.2. The summed E-state index contributed by atoms with van der Waals surface area (Å²) >= 11 is 0. The minimum Gasteiger partial charge on any atom is -0.478 e. The maximum atomic E-state index is 10.9. The molecule has 0 unspecified atom stereocenters. The molecule has 2 aromatic rings. The molecule has 18 heavy (non-hydrogen) atoms. The highest BCUT2D eigenvalue weighted by molar-refractivity contribution is 5.96. The lowest BCUT2D eigenvalue weighted by Crippen LogP contribution is -2.09. The largest absolute Gasteiger partial charge is 0.478 e. The Bertz CT molecular complexity index is 557. The van der Waals surface area contributed by atoms with Crippen molar-refractivity contribution in [2.24, 2.45) is 0 Å². The van der Waals surface area contributed by atoms with Gasteiger partial charge in [0.15, 0.2) is 0 Å². The summed E-state index contributed by atoms with van der Waals surface area (Å²) in [6, 6.07) is 5.09. The number of carboxylic acid groups (broad SMARTS) is 1. The van der Waals surface area contributed by atoms with Gasteiger partial charge >= 0.3 is 5.97 Å². The van der Waals surface area contributed by atoms with Gasteiger partial charge in [-0.2, -0.15) is 0 Å². The van der Waals surface area contributed by atoms with Gasteiger partial charge in [-0.25, -0.2) is 9.78 Å². The van der Waals surface area contributed by atoms with Gasteiger partial charge in [-0.3, -0.25) is 4.98 Å². The van der Waals surface area contributed by atoms with Crippen molar-refractivity contribution in [2.75, 3.05) is 11.1 Å². The molecule has 0 spiro atoms. The molecule has 92 valence electrons. The van der Waals surface area contributed by atoms with Gasteiger partial charge in [-0.05, 0) is 17.7 Å². The third-order valence-corrected chi connectivity index (χ3v) is 2.40. The number of nitrogen functional groups attached to an aromatic ring is 1. The number of hydrogen-bond acceptors (Lipinski definition) is 5. The Labute approximate surface area is 104 Å². The maximum Gasteiger partial charge on any atom is 0.337 e. The van der Waals surface area contributed by atoms with Crippen LogP contribution in [0.4, 0.5) is 11.5 Å². The van der Waals surface area contributed by atoms with E-state index in [1.54, 1.807) is 12.4 Å². The Morgan fingerprint density at radius 1 is 1.39 bits per heavy atom. The molecule has 4 N–H and O–H groups in total. The van der Waals surface area contributed by atoms with Gasteiger partial charge in [0.1, 0.15) is 5.82 Å². The molecule has 0 saturated heterocycles. The van der Waals surface area contributed by atoms with Crippen molar-refractivity contribution < 1.29 is 9.90 Å². The fraction of sp³-hybridized carbons (Fsp3) is 0.0833. The summed E-state index contributed by atoms with van der Waals surface area (Å²) in [7, 11) is 0. The number of aromatic carboxylic acids is 1. The Morgan fingerprint density at radius 2 is 2.22 bits per heavy atom. The molecule has 0 bridgehead atoms. The van der Waals surface area contributed by atoms with E-state index in [-0.39, 0.29) is 11.3 Å². The molecule has 0 aromatic carbocycles. The topological polar surface area (TPSA) is 101 Å². The SMILES string of the molecule is Nc1c(C(=O)O)ccnc1NCc1cccnc1. The molecule has 0 saturated carbocycles. The van der Waals surface area contributed by atoms with E-state index >= 15 is 0 Å². The van der Waals surface area contributed by atoms with Crippen molar-refractivity contribution in [2.45, 2.75) is 6.54 Å². The van der Waals surface area contributed by atoms with E-state index in [4.69, 9.17) is 10.8 Å². The molecule has 2 heterocycles. The molecule has 0 aliphatic rings. The number of rotatable bonds is 4. The molecule has 0 fully saturated rings. The lowest BCUT2D eigenvalue weighted by molar-refractivity contribution is 0.0698. The third-order valence-electron chi connectivity index (χ3n) is 2.40. The molecule has 2 rings (SSSR count). The van der Waals surface area contributed by atoms with E-state index < -0.39 is 5.97 Å². The zero-order valence-electron chi connectivity index (χ0n) is 9.50. The molecule has 0 aliphatic heterocycles. The van der Waals surface area contributed by atoms with Crippen LogP contribution in [0.5, 0.6) is 0 Å². The molecule has 0 amide bonds. The van der Waals surface area contributed by atoms with E-state index in [1.807, 2.05) is 12.1 Å². The van der Waals surface area contributed by atoms with Crippen LogP contribution in [-0.4, -0.2) is 21.0 Å². The smallest absolute Gasteiger partial charge is 0.337 e. The van der Waals surface area contributed by atoms with E-state index in [2.05, 4.69) is 15.3 Å². The summed E-state index contributed by atoms with van der Waals surface area (Å²) in [4.78, 5) is 18.9. The fourth-order valence-electron chi connectivity index (χ4n) is 1.49. The molecular formula is C12H12N4O2. The van der Waals surface area contributed by atoms with Crippen LogP contribution in [0.3, 0.4) is 0 Å². The highest BCUT2D eigenvalue weighted by atomic mass is 16.4. The standard InChI is InChI=1S/C12H12N4O2/c13-10-9(12(17)18)3-5-15-11(10)16-7-8-2-1-4-14-6-8/h1-6H,7,13H2,(H,15,16)(H,17,18). The number of aromatic nitrogens is 2. The third kappa shape index (κ3) is 2.54. The Balaban J connectivity index is 2.15. The number of pyridine rings is 2. The average Bonchev–Trinajstić information content (AvgIpc) is 2.38. The van der Waals surface area contributed by atoms with Crippen LogP contribution in [0.1, 0.15) is 15.9 Å². The molecule has 6 heteroatoms. The summed E-state index contributed by atoms with van der Waals surface area (Å²) in [5, 5.41) is 11.9. The number of nitrogens with zero attached hydrogens (tertiary/aromatic N) is 2. The highest BCUT2D eigenvalue weighted by Crippen LogP contribution is 2.20. The van der Waals surface area contributed by atoms with E-state index in [0.717, 1.165) is 5.56 Å². The van der Waals surface area contributed by atoms with Crippen LogP contribution in [0.2, 0.25) is 0 Å². The molecule has 2 aromatic heterocycles. The van der Waals surface area contributed by atoms with Crippen LogP contribution in [0, 0.1) is 0 Å². The second kappa shape index (κ2) is 5.13. The van der Waals surface area contributed by atoms with Crippen molar-refractivity contribution >= 4 is 17.5 Å². The number of nitrogens with two attached hydrogens (primary N) is 1. The van der Waals surface area contributed by atoms with Crippen molar-refractivity contribution in [1.82, 2.24) is 9.97 Å². The molecule has 0 radical (unpaired) electrons. The monoisotopic (exact) mass is 244 g/mol. The van der Waals surface area contributed by atoms with Gasteiger partial charge in [-0.1, -0.05) is 6.07 Å². The van der Waals surface area contributed by atoms with Gasteiger partial charge in [-0.15, -0.1) is 0 Å². The summed E-state index contributed by atoms with van der Waals surface area (Å²) < 4.78 is 0. The Kier molecular flexibility index (Phi) is 3.38. The Hall–Kier alpha value is -2.63. The van der Waals surface area contributed by atoms with Gasteiger partial charge < -0.3 is 16.2 Å². The number of nitrogens with one attached hydrogen (secondary N) is 1. The Morgan fingerprint density at radius 3 is 2.89 bits per heavy atom. The number of hydrogen-bond donors (Lipinski definition) is 3. The first kappa shape index (κ1) is 11.8. The first-order valence-corrected chi connectivity index (χ1v) is 5.29. The minimum absolute atomic E-state index is 0.0405.